The number of rotatable bonds is 2. The summed E-state index contributed by atoms with van der Waals surface area (Å²) >= 11 is 0. The van der Waals surface area contributed by atoms with Crippen molar-refractivity contribution in [2.24, 2.45) is 0 Å². The van der Waals surface area contributed by atoms with Crippen molar-refractivity contribution in [2.75, 3.05) is 6.54 Å². The van der Waals surface area contributed by atoms with Crippen molar-refractivity contribution in [3.8, 4) is 5.75 Å². The van der Waals surface area contributed by atoms with Crippen LogP contribution in [0.3, 0.4) is 0 Å². The van der Waals surface area contributed by atoms with Gasteiger partial charge in [-0.05, 0) is 24.3 Å². The van der Waals surface area contributed by atoms with Gasteiger partial charge in [0.05, 0.1) is 0 Å². The molecule has 1 rings (SSSR count). The third kappa shape index (κ3) is 2.15. The monoisotopic (exact) mass is 183 g/mol. The van der Waals surface area contributed by atoms with Crippen molar-refractivity contribution < 1.29 is 13.9 Å². The van der Waals surface area contributed by atoms with E-state index < -0.39 is 12.5 Å². The maximum atomic E-state index is 13.0. The Morgan fingerprint density at radius 1 is 1.31 bits per heavy atom. The molecule has 2 nitrogen and oxygen atoms in total. The van der Waals surface area contributed by atoms with Crippen molar-refractivity contribution in [1.82, 2.24) is 0 Å². The largest absolute Gasteiger partial charge is 0.508 e. The third-order valence-corrected chi connectivity index (χ3v) is 1.57. The molecule has 0 bridgehead atoms. The first-order valence-corrected chi connectivity index (χ1v) is 3.57. The van der Waals surface area contributed by atoms with Crippen LogP contribution in [0.4, 0.5) is 8.78 Å². The van der Waals surface area contributed by atoms with Crippen LogP contribution in [0.5, 0.6) is 5.75 Å². The van der Waals surface area contributed by atoms with E-state index in [1.54, 1.807) is 0 Å². The van der Waals surface area contributed by atoms with Crippen LogP contribution in [0.25, 0.3) is 4.85 Å². The third-order valence-electron chi connectivity index (χ3n) is 1.57. The van der Waals surface area contributed by atoms with Crippen molar-refractivity contribution in [3.05, 3.63) is 41.2 Å². The van der Waals surface area contributed by atoms with E-state index >= 15 is 0 Å². The summed E-state index contributed by atoms with van der Waals surface area (Å²) in [6.45, 7) is 5.48. The van der Waals surface area contributed by atoms with Gasteiger partial charge in [-0.15, -0.1) is 0 Å². The van der Waals surface area contributed by atoms with Gasteiger partial charge in [-0.25, -0.2) is 6.57 Å². The molecule has 1 N–H and O–H groups in total. The molecule has 0 aliphatic heterocycles. The maximum absolute atomic E-state index is 13.0. The lowest BCUT2D eigenvalue weighted by molar-refractivity contribution is 0.0141. The van der Waals surface area contributed by atoms with E-state index in [2.05, 4.69) is 4.85 Å². The van der Waals surface area contributed by atoms with E-state index in [-0.39, 0.29) is 11.3 Å². The van der Waals surface area contributed by atoms with Crippen LogP contribution in [0.2, 0.25) is 0 Å². The van der Waals surface area contributed by atoms with Gasteiger partial charge in [0.2, 0.25) is 0 Å². The molecule has 68 valence electrons. The van der Waals surface area contributed by atoms with Crippen LogP contribution in [-0.4, -0.2) is 11.7 Å². The number of nitrogens with zero attached hydrogens (tertiary/aromatic N) is 1. The van der Waals surface area contributed by atoms with Gasteiger partial charge in [0.1, 0.15) is 5.75 Å². The molecule has 0 saturated carbocycles. The second-order valence-electron chi connectivity index (χ2n) is 2.57. The topological polar surface area (TPSA) is 24.6 Å². The maximum Gasteiger partial charge on any atom is 0.343 e. The Labute approximate surface area is 74.3 Å². The van der Waals surface area contributed by atoms with Gasteiger partial charge in [-0.3, -0.25) is 0 Å². The molecule has 0 aliphatic rings. The summed E-state index contributed by atoms with van der Waals surface area (Å²) < 4.78 is 26.0. The van der Waals surface area contributed by atoms with E-state index in [4.69, 9.17) is 11.7 Å². The number of hydrogen-bond acceptors (Lipinski definition) is 1. The van der Waals surface area contributed by atoms with Crippen molar-refractivity contribution in [2.45, 2.75) is 5.92 Å². The average molecular weight is 183 g/mol. The molecule has 0 saturated heterocycles. The first kappa shape index (κ1) is 9.46. The lowest BCUT2D eigenvalue weighted by atomic mass is 10.1. The summed E-state index contributed by atoms with van der Waals surface area (Å²) in [6, 6.07) is 4.57. The summed E-state index contributed by atoms with van der Waals surface area (Å²) in [7, 11) is 0. The SMILES string of the molecule is [C-]#[N+]CC(F)(F)c1ccc(O)cc1. The Hall–Kier alpha value is -1.63. The second-order valence-corrected chi connectivity index (χ2v) is 2.57. The fraction of sp³-hybridized carbons (Fsp3) is 0.222. The highest BCUT2D eigenvalue weighted by Crippen LogP contribution is 2.29. The molecule has 0 aliphatic carbocycles. The lowest BCUT2D eigenvalue weighted by Crippen LogP contribution is -2.16. The molecule has 0 aromatic heterocycles. The minimum Gasteiger partial charge on any atom is -0.508 e. The van der Waals surface area contributed by atoms with Gasteiger partial charge < -0.3 is 9.95 Å². The van der Waals surface area contributed by atoms with Crippen LogP contribution in [0.15, 0.2) is 24.3 Å². The number of phenolic OH excluding ortho intramolecular Hbond substituents is 1. The Balaban J connectivity index is 2.95. The van der Waals surface area contributed by atoms with E-state index in [1.165, 1.54) is 12.1 Å². The van der Waals surface area contributed by atoms with Crippen LogP contribution < -0.4 is 0 Å². The highest BCUT2D eigenvalue weighted by molar-refractivity contribution is 5.29. The van der Waals surface area contributed by atoms with Gasteiger partial charge in [0.25, 0.3) is 6.54 Å². The Bertz CT molecular complexity index is 326. The molecule has 0 atom stereocenters. The van der Waals surface area contributed by atoms with Gasteiger partial charge in [0.15, 0.2) is 0 Å². The quantitative estimate of drug-likeness (QED) is 0.699. The van der Waals surface area contributed by atoms with Crippen LogP contribution in [0.1, 0.15) is 5.56 Å². The Morgan fingerprint density at radius 2 is 1.85 bits per heavy atom. The summed E-state index contributed by atoms with van der Waals surface area (Å²) in [5.41, 5.74) is -0.249. The number of benzene rings is 1. The minimum absolute atomic E-state index is 0.0673. The zero-order valence-corrected chi connectivity index (χ0v) is 6.67. The zero-order valence-electron chi connectivity index (χ0n) is 6.67. The van der Waals surface area contributed by atoms with Crippen LogP contribution in [-0.2, 0) is 5.92 Å². The molecule has 0 heterocycles. The number of alkyl halides is 2. The van der Waals surface area contributed by atoms with E-state index in [0.717, 1.165) is 12.1 Å². The molecule has 1 aromatic rings. The molecule has 0 fully saturated rings. The second kappa shape index (κ2) is 3.40. The number of hydrogen-bond donors (Lipinski definition) is 1. The molecule has 0 spiro atoms. The Kier molecular flexibility index (Phi) is 2.47. The van der Waals surface area contributed by atoms with Crippen molar-refractivity contribution in [1.29, 1.82) is 0 Å². The molecular weight excluding hydrogens is 176 g/mol. The Morgan fingerprint density at radius 3 is 2.31 bits per heavy atom. The van der Waals surface area contributed by atoms with Gasteiger partial charge in [-0.1, -0.05) is 0 Å². The molecular formula is C9H7F2NO. The average Bonchev–Trinajstić information content (AvgIpc) is 2.05. The summed E-state index contributed by atoms with van der Waals surface area (Å²) in [5, 5.41) is 8.85. The summed E-state index contributed by atoms with van der Waals surface area (Å²) in [5.74, 6) is -3.20. The highest BCUT2D eigenvalue weighted by atomic mass is 19.3. The highest BCUT2D eigenvalue weighted by Gasteiger charge is 2.35. The number of aromatic hydroxyl groups is 1. The molecule has 0 amide bonds. The fourth-order valence-corrected chi connectivity index (χ4v) is 0.896. The van der Waals surface area contributed by atoms with E-state index in [1.807, 2.05) is 0 Å². The normalized spacial score (nSPS) is 10.8. The standard InChI is InChI=1S/C9H7F2NO/c1-12-6-9(10,11)7-2-4-8(13)5-3-7/h2-5,13H,6H2. The van der Waals surface area contributed by atoms with Gasteiger partial charge >= 0.3 is 5.92 Å². The molecule has 13 heavy (non-hydrogen) atoms. The zero-order chi connectivity index (χ0) is 9.90. The summed E-state index contributed by atoms with van der Waals surface area (Å²) in [6.07, 6.45) is 0. The first-order valence-electron chi connectivity index (χ1n) is 3.57. The predicted octanol–water partition coefficient (Wildman–Crippen LogP) is 2.40. The first-order chi connectivity index (χ1) is 6.06. The minimum atomic E-state index is -3.13. The predicted molar refractivity (Wildman–Crippen MR) is 43.5 cm³/mol. The van der Waals surface area contributed by atoms with E-state index in [0.29, 0.717) is 0 Å². The van der Waals surface area contributed by atoms with Gasteiger partial charge in [0, 0.05) is 5.56 Å². The lowest BCUT2D eigenvalue weighted by Gasteiger charge is -2.09. The van der Waals surface area contributed by atoms with Crippen molar-refractivity contribution >= 4 is 0 Å². The van der Waals surface area contributed by atoms with E-state index in [9.17, 15) is 8.78 Å². The van der Waals surface area contributed by atoms with Crippen molar-refractivity contribution in [3.63, 3.8) is 0 Å². The van der Waals surface area contributed by atoms with Crippen LogP contribution in [0, 0.1) is 6.57 Å². The van der Waals surface area contributed by atoms with Gasteiger partial charge in [-0.2, -0.15) is 8.78 Å². The molecule has 0 radical (unpaired) electrons. The number of phenols is 1. The fourth-order valence-electron chi connectivity index (χ4n) is 0.896. The molecule has 0 unspecified atom stereocenters. The smallest absolute Gasteiger partial charge is 0.343 e. The number of halogens is 2. The molecule has 4 heteroatoms. The van der Waals surface area contributed by atoms with Crippen LogP contribution >= 0.6 is 0 Å². The summed E-state index contributed by atoms with van der Waals surface area (Å²) in [4.78, 5) is 2.64. The molecule has 1 aromatic carbocycles.